The van der Waals surface area contributed by atoms with Crippen molar-refractivity contribution in [1.82, 2.24) is 9.55 Å². The van der Waals surface area contributed by atoms with Crippen LogP contribution in [0.4, 0.5) is 11.4 Å². The Morgan fingerprint density at radius 2 is 2.11 bits per heavy atom. The average molecular weight is 345 g/mol. The van der Waals surface area contributed by atoms with Crippen molar-refractivity contribution >= 4 is 37.3 Å². The molecule has 0 saturated heterocycles. The summed E-state index contributed by atoms with van der Waals surface area (Å²) in [6, 6.07) is 4.81. The molecule has 0 aliphatic heterocycles. The molecule has 0 bridgehead atoms. The van der Waals surface area contributed by atoms with Crippen LogP contribution in [0.1, 0.15) is 5.82 Å². The van der Waals surface area contributed by atoms with Crippen molar-refractivity contribution in [1.29, 1.82) is 0 Å². The van der Waals surface area contributed by atoms with Crippen LogP contribution in [-0.2, 0) is 17.1 Å². The van der Waals surface area contributed by atoms with Gasteiger partial charge in [-0.2, -0.15) is 8.42 Å². The van der Waals surface area contributed by atoms with E-state index in [0.29, 0.717) is 21.7 Å². The minimum absolute atomic E-state index is 0.0135. The fraction of sp³-hybridized carbons (Fsp3) is 0.182. The number of hydrogen-bond acceptors (Lipinski definition) is 4. The van der Waals surface area contributed by atoms with Gasteiger partial charge in [-0.3, -0.25) is 4.72 Å². The Balaban J connectivity index is 2.33. The summed E-state index contributed by atoms with van der Waals surface area (Å²) in [5.41, 5.74) is 6.61. The number of halogens is 1. The number of imidazole rings is 1. The predicted molar refractivity (Wildman–Crippen MR) is 77.3 cm³/mol. The second-order valence-corrected chi connectivity index (χ2v) is 6.56. The van der Waals surface area contributed by atoms with E-state index < -0.39 is 10.0 Å². The van der Waals surface area contributed by atoms with Crippen LogP contribution in [-0.4, -0.2) is 18.0 Å². The van der Waals surface area contributed by atoms with Crippen LogP contribution in [0.5, 0.6) is 0 Å². The van der Waals surface area contributed by atoms with Gasteiger partial charge < -0.3 is 10.3 Å². The summed E-state index contributed by atoms with van der Waals surface area (Å²) in [6.45, 7) is 1.73. The molecule has 0 unspecified atom stereocenters. The van der Waals surface area contributed by atoms with Crippen molar-refractivity contribution in [3.8, 4) is 0 Å². The number of nitrogens with one attached hydrogen (secondary N) is 1. The van der Waals surface area contributed by atoms with Crippen molar-refractivity contribution < 1.29 is 8.42 Å². The minimum Gasteiger partial charge on any atom is -0.398 e. The quantitative estimate of drug-likeness (QED) is 0.831. The minimum atomic E-state index is -3.69. The molecule has 2 aromatic rings. The second kappa shape index (κ2) is 4.86. The van der Waals surface area contributed by atoms with Crippen LogP contribution in [0, 0.1) is 6.92 Å². The lowest BCUT2D eigenvalue weighted by Gasteiger charge is -2.07. The summed E-state index contributed by atoms with van der Waals surface area (Å²) >= 11 is 3.25. The van der Waals surface area contributed by atoms with E-state index in [0.717, 1.165) is 0 Å². The van der Waals surface area contributed by atoms with E-state index >= 15 is 0 Å². The molecule has 1 aromatic heterocycles. The third-order valence-electron chi connectivity index (χ3n) is 2.61. The third kappa shape index (κ3) is 2.90. The SMILES string of the molecule is Cc1nc(S(=O)(=O)Nc2ccc(N)c(Br)c2)cn1C. The maximum Gasteiger partial charge on any atom is 0.280 e. The van der Waals surface area contributed by atoms with Gasteiger partial charge in [0.2, 0.25) is 0 Å². The molecule has 0 amide bonds. The first-order valence-corrected chi connectivity index (χ1v) is 7.65. The van der Waals surface area contributed by atoms with Crippen LogP contribution in [0.3, 0.4) is 0 Å². The number of hydrogen-bond donors (Lipinski definition) is 2. The van der Waals surface area contributed by atoms with Crippen LogP contribution in [0.25, 0.3) is 0 Å². The molecule has 8 heteroatoms. The number of sulfonamides is 1. The molecule has 102 valence electrons. The topological polar surface area (TPSA) is 90.0 Å². The van der Waals surface area contributed by atoms with Gasteiger partial charge in [0.15, 0.2) is 5.03 Å². The largest absolute Gasteiger partial charge is 0.398 e. The molecule has 0 saturated carbocycles. The molecule has 1 heterocycles. The zero-order valence-corrected chi connectivity index (χ0v) is 12.8. The summed E-state index contributed by atoms with van der Waals surface area (Å²) in [5, 5.41) is -0.0135. The highest BCUT2D eigenvalue weighted by Gasteiger charge is 2.18. The molecule has 0 aliphatic rings. The van der Waals surface area contributed by atoms with Crippen LogP contribution >= 0.6 is 15.9 Å². The van der Waals surface area contributed by atoms with Crippen molar-refractivity contribution in [3.63, 3.8) is 0 Å². The van der Waals surface area contributed by atoms with Crippen LogP contribution < -0.4 is 10.5 Å². The standard InChI is InChI=1S/C11H13BrN4O2S/c1-7-14-11(6-16(7)2)19(17,18)15-8-3-4-10(13)9(12)5-8/h3-6,15H,13H2,1-2H3. The van der Waals surface area contributed by atoms with E-state index in [-0.39, 0.29) is 5.03 Å². The first-order chi connectivity index (χ1) is 8.79. The van der Waals surface area contributed by atoms with Gasteiger partial charge in [0, 0.05) is 23.4 Å². The molecule has 0 spiro atoms. The Labute approximate surface area is 119 Å². The first kappa shape index (κ1) is 13.9. The third-order valence-corrected chi connectivity index (χ3v) is 4.55. The highest BCUT2D eigenvalue weighted by atomic mass is 79.9. The lowest BCUT2D eigenvalue weighted by Crippen LogP contribution is -2.13. The fourth-order valence-electron chi connectivity index (χ4n) is 1.45. The van der Waals surface area contributed by atoms with Gasteiger partial charge >= 0.3 is 0 Å². The van der Waals surface area contributed by atoms with Gasteiger partial charge in [0.05, 0.1) is 5.69 Å². The van der Waals surface area contributed by atoms with Gasteiger partial charge in [-0.25, -0.2) is 4.98 Å². The monoisotopic (exact) mass is 344 g/mol. The van der Waals surface area contributed by atoms with Gasteiger partial charge in [0.25, 0.3) is 10.0 Å². The molecule has 2 rings (SSSR count). The first-order valence-electron chi connectivity index (χ1n) is 5.37. The smallest absolute Gasteiger partial charge is 0.280 e. The lowest BCUT2D eigenvalue weighted by atomic mass is 10.3. The molecule has 0 atom stereocenters. The molecule has 0 fully saturated rings. The summed E-state index contributed by atoms with van der Waals surface area (Å²) in [5.74, 6) is 0.624. The van der Waals surface area contributed by atoms with Crippen molar-refractivity contribution in [3.05, 3.63) is 34.7 Å². The number of rotatable bonds is 3. The zero-order valence-electron chi connectivity index (χ0n) is 10.4. The number of nitrogens with two attached hydrogens (primary N) is 1. The molecule has 0 aliphatic carbocycles. The highest BCUT2D eigenvalue weighted by Crippen LogP contribution is 2.24. The summed E-state index contributed by atoms with van der Waals surface area (Å²) in [7, 11) is -1.95. The number of aryl methyl sites for hydroxylation is 2. The predicted octanol–water partition coefficient (Wildman–Crippen LogP) is 1.87. The molecule has 0 radical (unpaired) electrons. The normalized spacial score (nSPS) is 11.5. The molecular formula is C11H13BrN4O2S. The highest BCUT2D eigenvalue weighted by molar-refractivity contribution is 9.10. The molecule has 1 aromatic carbocycles. The Kier molecular flexibility index (Phi) is 3.55. The molecule has 19 heavy (non-hydrogen) atoms. The lowest BCUT2D eigenvalue weighted by molar-refractivity contribution is 0.598. The van der Waals surface area contributed by atoms with Gasteiger partial charge in [-0.05, 0) is 41.1 Å². The number of aromatic nitrogens is 2. The number of nitrogens with zero attached hydrogens (tertiary/aromatic N) is 2. The van der Waals surface area contributed by atoms with E-state index in [9.17, 15) is 8.42 Å². The van der Waals surface area contributed by atoms with Crippen molar-refractivity contribution in [2.45, 2.75) is 11.9 Å². The second-order valence-electron chi connectivity index (χ2n) is 4.08. The summed E-state index contributed by atoms with van der Waals surface area (Å²) in [4.78, 5) is 3.99. The van der Waals surface area contributed by atoms with Gasteiger partial charge in [-0.1, -0.05) is 0 Å². The molecular weight excluding hydrogens is 332 g/mol. The van der Waals surface area contributed by atoms with E-state index in [1.165, 1.54) is 6.20 Å². The Bertz CT molecular complexity index is 705. The summed E-state index contributed by atoms with van der Waals surface area (Å²) in [6.07, 6.45) is 1.46. The molecule has 6 nitrogen and oxygen atoms in total. The van der Waals surface area contributed by atoms with Crippen LogP contribution in [0.15, 0.2) is 33.9 Å². The van der Waals surface area contributed by atoms with Crippen LogP contribution in [0.2, 0.25) is 0 Å². The summed E-state index contributed by atoms with van der Waals surface area (Å²) < 4.78 is 29.0. The van der Waals surface area contributed by atoms with Gasteiger partial charge in [0.1, 0.15) is 5.82 Å². The van der Waals surface area contributed by atoms with E-state index in [1.807, 2.05) is 0 Å². The Morgan fingerprint density at radius 3 is 2.63 bits per heavy atom. The number of anilines is 2. The number of benzene rings is 1. The maximum absolute atomic E-state index is 12.1. The van der Waals surface area contributed by atoms with Gasteiger partial charge in [-0.15, -0.1) is 0 Å². The maximum atomic E-state index is 12.1. The van der Waals surface area contributed by atoms with E-state index in [2.05, 4.69) is 25.6 Å². The Hall–Kier alpha value is -1.54. The van der Waals surface area contributed by atoms with Crippen molar-refractivity contribution in [2.24, 2.45) is 7.05 Å². The Morgan fingerprint density at radius 1 is 1.42 bits per heavy atom. The zero-order chi connectivity index (χ0) is 14.2. The average Bonchev–Trinajstić information content (AvgIpc) is 2.65. The number of nitrogen functional groups attached to an aromatic ring is 1. The van der Waals surface area contributed by atoms with E-state index in [4.69, 9.17) is 5.73 Å². The van der Waals surface area contributed by atoms with Crippen molar-refractivity contribution in [2.75, 3.05) is 10.5 Å². The fourth-order valence-corrected chi connectivity index (χ4v) is 2.92. The van der Waals surface area contributed by atoms with E-state index in [1.54, 1.807) is 36.7 Å². The molecule has 3 N–H and O–H groups in total.